The topological polar surface area (TPSA) is 44.1 Å². The lowest BCUT2D eigenvalue weighted by Crippen LogP contribution is -2.04. The van der Waals surface area contributed by atoms with Gasteiger partial charge in [-0.05, 0) is 55.3 Å². The number of aryl methyl sites for hydroxylation is 1. The molecule has 0 unspecified atom stereocenters. The molecule has 0 N–H and O–H groups in total. The molecule has 0 bridgehead atoms. The largest absolute Gasteiger partial charge is 0.462 e. The number of hydrogen-bond acceptors (Lipinski definition) is 3. The summed E-state index contributed by atoms with van der Waals surface area (Å²) in [5.74, 6) is -0.298. The fourth-order valence-electron chi connectivity index (χ4n) is 2.43. The van der Waals surface area contributed by atoms with Gasteiger partial charge in [-0.25, -0.2) is 9.48 Å². The Balaban J connectivity index is 1.96. The van der Waals surface area contributed by atoms with Gasteiger partial charge in [-0.2, -0.15) is 5.10 Å². The molecule has 0 atom stereocenters. The summed E-state index contributed by atoms with van der Waals surface area (Å²) >= 11 is 0. The van der Waals surface area contributed by atoms with E-state index < -0.39 is 0 Å². The van der Waals surface area contributed by atoms with Gasteiger partial charge in [0.05, 0.1) is 23.6 Å². The van der Waals surface area contributed by atoms with Crippen LogP contribution >= 0.6 is 0 Å². The molecule has 2 aromatic carbocycles. The number of carbonyl (C=O) groups excluding carboxylic acids is 1. The first kappa shape index (κ1) is 15.0. The van der Waals surface area contributed by atoms with Gasteiger partial charge in [0.25, 0.3) is 0 Å². The van der Waals surface area contributed by atoms with E-state index in [1.54, 1.807) is 13.0 Å². The number of nitrogens with zero attached hydrogens (tertiary/aromatic N) is 2. The van der Waals surface area contributed by atoms with Gasteiger partial charge in [0.1, 0.15) is 0 Å². The number of ether oxygens (including phenoxy) is 1. The molecule has 116 valence electrons. The Morgan fingerprint density at radius 1 is 1.09 bits per heavy atom. The van der Waals surface area contributed by atoms with Crippen molar-refractivity contribution in [2.24, 2.45) is 0 Å². The van der Waals surface area contributed by atoms with Gasteiger partial charge in [-0.1, -0.05) is 24.3 Å². The Labute approximate surface area is 135 Å². The second kappa shape index (κ2) is 6.48. The van der Waals surface area contributed by atoms with E-state index in [0.717, 1.165) is 22.5 Å². The summed E-state index contributed by atoms with van der Waals surface area (Å²) in [7, 11) is 0. The average Bonchev–Trinajstić information content (AvgIpc) is 3.02. The van der Waals surface area contributed by atoms with Gasteiger partial charge in [-0.3, -0.25) is 0 Å². The number of carbonyl (C=O) groups is 1. The highest BCUT2D eigenvalue weighted by atomic mass is 16.5. The standard InChI is InChI=1S/C19H18N2O2/c1-3-23-19(22)17-8-4-6-15(12-17)16-7-5-9-18(13-16)21-11-10-14(2)20-21/h4-13H,3H2,1-2H3. The predicted molar refractivity (Wildman–Crippen MR) is 89.7 cm³/mol. The molecule has 0 spiro atoms. The first-order valence-electron chi connectivity index (χ1n) is 7.57. The molecule has 0 radical (unpaired) electrons. The first-order chi connectivity index (χ1) is 11.2. The van der Waals surface area contributed by atoms with E-state index in [0.29, 0.717) is 12.2 Å². The van der Waals surface area contributed by atoms with Crippen molar-refractivity contribution >= 4 is 5.97 Å². The number of esters is 1. The minimum Gasteiger partial charge on any atom is -0.462 e. The number of hydrogen-bond donors (Lipinski definition) is 0. The Kier molecular flexibility index (Phi) is 4.24. The van der Waals surface area contributed by atoms with E-state index >= 15 is 0 Å². The van der Waals surface area contributed by atoms with Crippen molar-refractivity contribution in [2.45, 2.75) is 13.8 Å². The van der Waals surface area contributed by atoms with Crippen LogP contribution < -0.4 is 0 Å². The molecule has 0 aliphatic heterocycles. The van der Waals surface area contributed by atoms with Crippen molar-refractivity contribution in [3.05, 3.63) is 72.1 Å². The fourth-order valence-corrected chi connectivity index (χ4v) is 2.43. The molecule has 23 heavy (non-hydrogen) atoms. The van der Waals surface area contributed by atoms with Crippen molar-refractivity contribution in [1.82, 2.24) is 9.78 Å². The van der Waals surface area contributed by atoms with Crippen molar-refractivity contribution in [3.8, 4) is 16.8 Å². The molecular weight excluding hydrogens is 288 g/mol. The lowest BCUT2D eigenvalue weighted by molar-refractivity contribution is 0.0526. The van der Waals surface area contributed by atoms with Crippen LogP contribution in [0.1, 0.15) is 23.0 Å². The van der Waals surface area contributed by atoms with Crippen molar-refractivity contribution < 1.29 is 9.53 Å². The Hall–Kier alpha value is -2.88. The van der Waals surface area contributed by atoms with Gasteiger partial charge in [0.2, 0.25) is 0 Å². The normalized spacial score (nSPS) is 10.5. The Morgan fingerprint density at radius 2 is 1.83 bits per heavy atom. The molecule has 3 rings (SSSR count). The summed E-state index contributed by atoms with van der Waals surface area (Å²) in [6, 6.07) is 17.5. The van der Waals surface area contributed by atoms with Crippen LogP contribution in [-0.2, 0) is 4.74 Å². The SMILES string of the molecule is CCOC(=O)c1cccc(-c2cccc(-n3ccc(C)n3)c2)c1. The van der Waals surface area contributed by atoms with Crippen LogP contribution in [0, 0.1) is 6.92 Å². The lowest BCUT2D eigenvalue weighted by Gasteiger charge is -2.08. The van der Waals surface area contributed by atoms with Gasteiger partial charge < -0.3 is 4.74 Å². The molecule has 4 nitrogen and oxygen atoms in total. The molecule has 0 saturated heterocycles. The Morgan fingerprint density at radius 3 is 2.52 bits per heavy atom. The zero-order valence-electron chi connectivity index (χ0n) is 13.2. The second-order valence-electron chi connectivity index (χ2n) is 5.25. The van der Waals surface area contributed by atoms with Crippen molar-refractivity contribution in [3.63, 3.8) is 0 Å². The molecule has 0 fully saturated rings. The molecule has 0 aliphatic carbocycles. The van der Waals surface area contributed by atoms with Crippen LogP contribution in [0.5, 0.6) is 0 Å². The zero-order chi connectivity index (χ0) is 16.2. The lowest BCUT2D eigenvalue weighted by atomic mass is 10.0. The summed E-state index contributed by atoms with van der Waals surface area (Å²) in [4.78, 5) is 11.9. The molecule has 0 aliphatic rings. The van der Waals surface area contributed by atoms with Gasteiger partial charge in [0, 0.05) is 6.20 Å². The van der Waals surface area contributed by atoms with Crippen LogP contribution in [0.3, 0.4) is 0 Å². The van der Waals surface area contributed by atoms with E-state index in [1.807, 2.05) is 60.3 Å². The van der Waals surface area contributed by atoms with E-state index in [2.05, 4.69) is 11.2 Å². The smallest absolute Gasteiger partial charge is 0.338 e. The molecule has 1 heterocycles. The minimum absolute atomic E-state index is 0.298. The van der Waals surface area contributed by atoms with Gasteiger partial charge in [-0.15, -0.1) is 0 Å². The molecule has 3 aromatic rings. The highest BCUT2D eigenvalue weighted by Crippen LogP contribution is 2.23. The molecule has 4 heteroatoms. The number of aromatic nitrogens is 2. The van der Waals surface area contributed by atoms with E-state index in [4.69, 9.17) is 4.74 Å². The maximum absolute atomic E-state index is 11.9. The van der Waals surface area contributed by atoms with Crippen molar-refractivity contribution in [1.29, 1.82) is 0 Å². The third-order valence-corrected chi connectivity index (χ3v) is 3.54. The minimum atomic E-state index is -0.298. The maximum atomic E-state index is 11.9. The summed E-state index contributed by atoms with van der Waals surface area (Å²) in [6.45, 7) is 4.14. The molecule has 0 saturated carbocycles. The maximum Gasteiger partial charge on any atom is 0.338 e. The Bertz CT molecular complexity index is 837. The van der Waals surface area contributed by atoms with E-state index in [9.17, 15) is 4.79 Å². The zero-order valence-corrected chi connectivity index (χ0v) is 13.2. The average molecular weight is 306 g/mol. The van der Waals surface area contributed by atoms with Crippen LogP contribution in [-0.4, -0.2) is 22.4 Å². The molecule has 1 aromatic heterocycles. The van der Waals surface area contributed by atoms with E-state index in [-0.39, 0.29) is 5.97 Å². The molecular formula is C19H18N2O2. The van der Waals surface area contributed by atoms with Crippen molar-refractivity contribution in [2.75, 3.05) is 6.61 Å². The third-order valence-electron chi connectivity index (χ3n) is 3.54. The van der Waals surface area contributed by atoms with Crippen LogP contribution in [0.15, 0.2) is 60.8 Å². The first-order valence-corrected chi connectivity index (χ1v) is 7.57. The highest BCUT2D eigenvalue weighted by molar-refractivity contribution is 5.91. The summed E-state index contributed by atoms with van der Waals surface area (Å²) in [6.07, 6.45) is 1.93. The molecule has 0 amide bonds. The summed E-state index contributed by atoms with van der Waals surface area (Å²) < 4.78 is 6.90. The second-order valence-corrected chi connectivity index (χ2v) is 5.25. The highest BCUT2D eigenvalue weighted by Gasteiger charge is 2.08. The summed E-state index contributed by atoms with van der Waals surface area (Å²) in [5.41, 5.74) is 4.52. The van der Waals surface area contributed by atoms with Crippen LogP contribution in [0.4, 0.5) is 0 Å². The van der Waals surface area contributed by atoms with E-state index in [1.165, 1.54) is 0 Å². The van der Waals surface area contributed by atoms with Gasteiger partial charge in [0.15, 0.2) is 0 Å². The number of rotatable bonds is 4. The quantitative estimate of drug-likeness (QED) is 0.684. The van der Waals surface area contributed by atoms with Crippen LogP contribution in [0.2, 0.25) is 0 Å². The fraction of sp³-hybridized carbons (Fsp3) is 0.158. The predicted octanol–water partition coefficient (Wildman–Crippen LogP) is 4.02. The van der Waals surface area contributed by atoms with Gasteiger partial charge >= 0.3 is 5.97 Å². The monoisotopic (exact) mass is 306 g/mol. The van der Waals surface area contributed by atoms with Crippen LogP contribution in [0.25, 0.3) is 16.8 Å². The number of benzene rings is 2. The third kappa shape index (κ3) is 3.31. The summed E-state index contributed by atoms with van der Waals surface area (Å²) in [5, 5.41) is 4.43.